The molecule has 2 unspecified atom stereocenters. The van der Waals surface area contributed by atoms with Crippen molar-refractivity contribution in [1.29, 1.82) is 0 Å². The molecule has 0 aromatic rings. The summed E-state index contributed by atoms with van der Waals surface area (Å²) in [7, 11) is 0. The SMILES string of the molecule is CCCCCCCCCC(CC=CC(C)[N+](=O)[O-])[N+](=O)[O-]. The molecule has 0 rings (SSSR count). The molecule has 0 saturated carbocycles. The fourth-order valence-electron chi connectivity index (χ4n) is 2.15. The van der Waals surface area contributed by atoms with E-state index in [1.165, 1.54) is 38.7 Å². The van der Waals surface area contributed by atoms with Gasteiger partial charge in [0.2, 0.25) is 12.1 Å². The third-order valence-electron chi connectivity index (χ3n) is 3.59. The fourth-order valence-corrected chi connectivity index (χ4v) is 2.15. The highest BCUT2D eigenvalue weighted by Crippen LogP contribution is 2.13. The average Bonchev–Trinajstić information content (AvgIpc) is 2.43. The van der Waals surface area contributed by atoms with Crippen LogP contribution in [0.2, 0.25) is 0 Å². The predicted octanol–water partition coefficient (Wildman–Crippen LogP) is 4.38. The van der Waals surface area contributed by atoms with Crippen LogP contribution in [0.1, 0.15) is 71.6 Å². The molecule has 2 atom stereocenters. The van der Waals surface area contributed by atoms with Crippen LogP contribution in [0, 0.1) is 20.2 Å². The Bertz CT molecular complexity index is 332. The van der Waals surface area contributed by atoms with Gasteiger partial charge in [0, 0.05) is 29.6 Å². The summed E-state index contributed by atoms with van der Waals surface area (Å²) in [6, 6.07) is -1.40. The van der Waals surface area contributed by atoms with E-state index in [1.807, 2.05) is 0 Å². The Kier molecular flexibility index (Phi) is 11.4. The zero-order valence-electron chi connectivity index (χ0n) is 13.2. The fraction of sp³-hybridized carbons (Fsp3) is 0.867. The summed E-state index contributed by atoms with van der Waals surface area (Å²) in [5.41, 5.74) is 0. The van der Waals surface area contributed by atoms with E-state index < -0.39 is 17.0 Å². The van der Waals surface area contributed by atoms with Gasteiger partial charge in [-0.05, 0) is 12.5 Å². The van der Waals surface area contributed by atoms with Crippen LogP contribution < -0.4 is 0 Å². The van der Waals surface area contributed by atoms with Crippen molar-refractivity contribution < 1.29 is 9.85 Å². The number of hydrogen-bond acceptors (Lipinski definition) is 4. The van der Waals surface area contributed by atoms with E-state index in [1.54, 1.807) is 6.08 Å². The summed E-state index contributed by atoms with van der Waals surface area (Å²) in [4.78, 5) is 20.7. The molecule has 0 aliphatic heterocycles. The van der Waals surface area contributed by atoms with Crippen LogP contribution in [0.3, 0.4) is 0 Å². The van der Waals surface area contributed by atoms with Gasteiger partial charge in [-0.25, -0.2) is 0 Å². The highest BCUT2D eigenvalue weighted by molar-refractivity contribution is 4.88. The van der Waals surface area contributed by atoms with Crippen LogP contribution in [-0.2, 0) is 0 Å². The maximum Gasteiger partial charge on any atom is 0.228 e. The molecular formula is C15H28N2O4. The number of rotatable bonds is 13. The summed E-state index contributed by atoms with van der Waals surface area (Å²) >= 11 is 0. The number of nitro groups is 2. The Morgan fingerprint density at radius 2 is 1.52 bits per heavy atom. The van der Waals surface area contributed by atoms with Gasteiger partial charge in [0.1, 0.15) is 0 Å². The average molecular weight is 300 g/mol. The second-order valence-electron chi connectivity index (χ2n) is 5.54. The Morgan fingerprint density at radius 3 is 2.05 bits per heavy atom. The summed E-state index contributed by atoms with van der Waals surface area (Å²) in [5, 5.41) is 21.4. The van der Waals surface area contributed by atoms with Crippen molar-refractivity contribution in [2.24, 2.45) is 0 Å². The van der Waals surface area contributed by atoms with Gasteiger partial charge in [-0.15, -0.1) is 0 Å². The lowest BCUT2D eigenvalue weighted by Crippen LogP contribution is -2.19. The van der Waals surface area contributed by atoms with Crippen molar-refractivity contribution in [3.05, 3.63) is 32.4 Å². The lowest BCUT2D eigenvalue weighted by Gasteiger charge is -2.07. The third kappa shape index (κ3) is 10.9. The van der Waals surface area contributed by atoms with E-state index in [0.29, 0.717) is 6.42 Å². The van der Waals surface area contributed by atoms with Crippen LogP contribution in [-0.4, -0.2) is 21.9 Å². The maximum atomic E-state index is 11.0. The third-order valence-corrected chi connectivity index (χ3v) is 3.59. The first-order valence-electron chi connectivity index (χ1n) is 7.92. The minimum Gasteiger partial charge on any atom is -0.264 e. The second kappa shape index (κ2) is 12.3. The molecule has 0 saturated heterocycles. The minimum atomic E-state index is -0.782. The van der Waals surface area contributed by atoms with Crippen molar-refractivity contribution >= 4 is 0 Å². The van der Waals surface area contributed by atoms with Gasteiger partial charge in [0.15, 0.2) is 0 Å². The summed E-state index contributed by atoms with van der Waals surface area (Å²) in [5.74, 6) is 0. The first-order valence-corrected chi connectivity index (χ1v) is 7.92. The maximum absolute atomic E-state index is 11.0. The molecule has 0 bridgehead atoms. The zero-order chi connectivity index (χ0) is 16.1. The van der Waals surface area contributed by atoms with Gasteiger partial charge < -0.3 is 0 Å². The molecule has 0 spiro atoms. The predicted molar refractivity (Wildman–Crippen MR) is 83.6 cm³/mol. The quantitative estimate of drug-likeness (QED) is 0.218. The number of hydrogen-bond donors (Lipinski definition) is 0. The Morgan fingerprint density at radius 1 is 0.952 bits per heavy atom. The molecule has 0 amide bonds. The molecule has 0 aromatic heterocycles. The molecule has 0 N–H and O–H groups in total. The minimum absolute atomic E-state index is 0.266. The second-order valence-corrected chi connectivity index (χ2v) is 5.54. The molecule has 0 heterocycles. The molecule has 0 aromatic carbocycles. The first-order chi connectivity index (χ1) is 9.99. The van der Waals surface area contributed by atoms with Gasteiger partial charge in [0.25, 0.3) is 0 Å². The van der Waals surface area contributed by atoms with Crippen LogP contribution in [0.15, 0.2) is 12.2 Å². The van der Waals surface area contributed by atoms with Gasteiger partial charge >= 0.3 is 0 Å². The van der Waals surface area contributed by atoms with Crippen molar-refractivity contribution in [2.75, 3.05) is 0 Å². The topological polar surface area (TPSA) is 86.3 Å². The van der Waals surface area contributed by atoms with Crippen LogP contribution in [0.4, 0.5) is 0 Å². The normalized spacial score (nSPS) is 14.2. The molecule has 122 valence electrons. The van der Waals surface area contributed by atoms with E-state index in [-0.39, 0.29) is 11.3 Å². The molecule has 0 radical (unpaired) electrons. The molecule has 0 fully saturated rings. The molecule has 6 heteroatoms. The van der Waals surface area contributed by atoms with Crippen molar-refractivity contribution in [2.45, 2.75) is 83.7 Å². The van der Waals surface area contributed by atoms with Gasteiger partial charge in [-0.3, -0.25) is 20.2 Å². The Hall–Kier alpha value is -1.46. The molecule has 6 nitrogen and oxygen atoms in total. The molecule has 0 aliphatic rings. The van der Waals surface area contributed by atoms with Gasteiger partial charge in [-0.1, -0.05) is 51.5 Å². The van der Waals surface area contributed by atoms with E-state index in [9.17, 15) is 20.2 Å². The van der Waals surface area contributed by atoms with Crippen molar-refractivity contribution in [1.82, 2.24) is 0 Å². The Balaban J connectivity index is 3.88. The smallest absolute Gasteiger partial charge is 0.228 e. The highest BCUT2D eigenvalue weighted by atomic mass is 16.6. The molecular weight excluding hydrogens is 272 g/mol. The zero-order valence-corrected chi connectivity index (χ0v) is 13.2. The van der Waals surface area contributed by atoms with Crippen molar-refractivity contribution in [3.8, 4) is 0 Å². The lowest BCUT2D eigenvalue weighted by atomic mass is 10.0. The monoisotopic (exact) mass is 300 g/mol. The first kappa shape index (κ1) is 19.5. The summed E-state index contributed by atoms with van der Waals surface area (Å²) < 4.78 is 0. The Labute approximate surface area is 126 Å². The molecule has 21 heavy (non-hydrogen) atoms. The van der Waals surface area contributed by atoms with Crippen LogP contribution >= 0.6 is 0 Å². The number of unbranched alkanes of at least 4 members (excludes halogenated alkanes) is 6. The van der Waals surface area contributed by atoms with E-state index in [2.05, 4.69) is 6.92 Å². The van der Waals surface area contributed by atoms with Crippen molar-refractivity contribution in [3.63, 3.8) is 0 Å². The van der Waals surface area contributed by atoms with Crippen LogP contribution in [0.25, 0.3) is 0 Å². The van der Waals surface area contributed by atoms with Gasteiger partial charge in [-0.2, -0.15) is 0 Å². The largest absolute Gasteiger partial charge is 0.264 e. The summed E-state index contributed by atoms with van der Waals surface area (Å²) in [6.07, 6.45) is 11.8. The molecule has 0 aliphatic carbocycles. The summed E-state index contributed by atoms with van der Waals surface area (Å²) in [6.45, 7) is 3.64. The van der Waals surface area contributed by atoms with Crippen LogP contribution in [0.5, 0.6) is 0 Å². The highest BCUT2D eigenvalue weighted by Gasteiger charge is 2.18. The van der Waals surface area contributed by atoms with E-state index >= 15 is 0 Å². The van der Waals surface area contributed by atoms with Gasteiger partial charge in [0.05, 0.1) is 0 Å². The lowest BCUT2D eigenvalue weighted by molar-refractivity contribution is -0.522. The van der Waals surface area contributed by atoms with E-state index in [4.69, 9.17) is 0 Å². The standard InChI is InChI=1S/C15H28N2O4/c1-3-4-5-6-7-8-9-12-15(17(20)21)13-10-11-14(2)16(18)19/h10-11,14-15H,3-9,12-13H2,1-2H3. The number of nitrogens with zero attached hydrogens (tertiary/aromatic N) is 2. The van der Waals surface area contributed by atoms with E-state index in [0.717, 1.165) is 19.3 Å².